The van der Waals surface area contributed by atoms with Crippen LogP contribution in [0.1, 0.15) is 25.3 Å². The Morgan fingerprint density at radius 2 is 1.91 bits per heavy atom. The molecule has 128 valence electrons. The summed E-state index contributed by atoms with van der Waals surface area (Å²) in [6.07, 6.45) is 0.968. The fourth-order valence-corrected chi connectivity index (χ4v) is 2.10. The lowest BCUT2D eigenvalue weighted by Crippen LogP contribution is -2.52. The first-order chi connectivity index (χ1) is 11.0. The van der Waals surface area contributed by atoms with E-state index < -0.39 is 24.0 Å². The zero-order chi connectivity index (χ0) is 17.2. The van der Waals surface area contributed by atoms with E-state index >= 15 is 0 Å². The Balaban J connectivity index is 2.53. The highest BCUT2D eigenvalue weighted by Crippen LogP contribution is 2.11. The van der Waals surface area contributed by atoms with Crippen LogP contribution in [0.3, 0.4) is 0 Å². The van der Waals surface area contributed by atoms with Crippen molar-refractivity contribution in [3.63, 3.8) is 0 Å². The first-order valence-electron chi connectivity index (χ1n) is 7.66. The molecular weight excluding hydrogens is 318 g/mol. The molecule has 1 aromatic rings. The second kappa shape index (κ2) is 10.2. The van der Waals surface area contributed by atoms with Gasteiger partial charge in [0.15, 0.2) is 6.10 Å². The number of nitrogens with one attached hydrogen (secondary N) is 2. The Morgan fingerprint density at radius 3 is 2.48 bits per heavy atom. The van der Waals surface area contributed by atoms with Gasteiger partial charge in [-0.05, 0) is 30.5 Å². The van der Waals surface area contributed by atoms with Crippen molar-refractivity contribution in [2.45, 2.75) is 38.3 Å². The molecule has 23 heavy (non-hydrogen) atoms. The number of nitrogens with two attached hydrogens (primary N) is 1. The van der Waals surface area contributed by atoms with Crippen molar-refractivity contribution >= 4 is 29.1 Å². The molecule has 7 heteroatoms. The van der Waals surface area contributed by atoms with Gasteiger partial charge in [0.05, 0.1) is 0 Å². The maximum Gasteiger partial charge on any atom is 0.255 e. The number of carbonyl (C=O) groups excluding carboxylic acids is 2. The lowest BCUT2D eigenvalue weighted by Gasteiger charge is -2.18. The van der Waals surface area contributed by atoms with Crippen LogP contribution in [0.25, 0.3) is 0 Å². The molecule has 6 nitrogen and oxygen atoms in total. The van der Waals surface area contributed by atoms with Gasteiger partial charge in [0.1, 0.15) is 6.04 Å². The van der Waals surface area contributed by atoms with Crippen molar-refractivity contribution in [3.8, 4) is 0 Å². The Bertz CT molecular complexity index is 508. The minimum absolute atomic E-state index is 0.350. The van der Waals surface area contributed by atoms with Crippen molar-refractivity contribution < 1.29 is 14.7 Å². The number of carbonyl (C=O) groups is 2. The molecule has 0 saturated heterocycles. The van der Waals surface area contributed by atoms with Gasteiger partial charge in [-0.3, -0.25) is 9.59 Å². The second-order valence-electron chi connectivity index (χ2n) is 5.24. The zero-order valence-electron chi connectivity index (χ0n) is 13.2. The lowest BCUT2D eigenvalue weighted by atomic mass is 10.1. The van der Waals surface area contributed by atoms with E-state index in [1.54, 1.807) is 12.1 Å². The number of aliphatic hydroxyl groups excluding tert-OH is 1. The summed E-state index contributed by atoms with van der Waals surface area (Å²) in [5.74, 6) is -0.892. The number of aliphatic hydroxyl groups is 1. The Hall–Kier alpha value is -1.63. The highest BCUT2D eigenvalue weighted by atomic mass is 35.5. The van der Waals surface area contributed by atoms with Crippen LogP contribution >= 0.6 is 11.6 Å². The van der Waals surface area contributed by atoms with E-state index in [0.29, 0.717) is 24.5 Å². The van der Waals surface area contributed by atoms with Gasteiger partial charge in [0, 0.05) is 18.1 Å². The second-order valence-corrected chi connectivity index (χ2v) is 5.62. The summed E-state index contributed by atoms with van der Waals surface area (Å²) in [6.45, 7) is 2.44. The smallest absolute Gasteiger partial charge is 0.255 e. The van der Waals surface area contributed by atoms with E-state index in [2.05, 4.69) is 17.6 Å². The molecule has 0 aliphatic carbocycles. The molecule has 1 aromatic carbocycles. The molecule has 0 aliphatic heterocycles. The zero-order valence-corrected chi connectivity index (χ0v) is 14.0. The van der Waals surface area contributed by atoms with Crippen LogP contribution in [0.4, 0.5) is 5.69 Å². The number of hydrogen-bond donors (Lipinski definition) is 4. The van der Waals surface area contributed by atoms with Crippen LogP contribution < -0.4 is 16.4 Å². The van der Waals surface area contributed by atoms with Gasteiger partial charge in [0.2, 0.25) is 5.91 Å². The molecule has 1 rings (SSSR count). The topological polar surface area (TPSA) is 104 Å². The number of aryl methyl sites for hydroxylation is 1. The van der Waals surface area contributed by atoms with Gasteiger partial charge in [-0.25, -0.2) is 0 Å². The molecule has 0 aliphatic rings. The molecule has 0 saturated carbocycles. The van der Waals surface area contributed by atoms with Gasteiger partial charge >= 0.3 is 0 Å². The predicted octanol–water partition coefficient (Wildman–Crippen LogP) is 1.01. The maximum absolute atomic E-state index is 12.0. The molecule has 0 aromatic heterocycles. The van der Waals surface area contributed by atoms with E-state index in [-0.39, 0.29) is 0 Å². The molecule has 0 spiro atoms. The standard InChI is InChI=1S/C16H24ClN3O3/c1-2-4-11-5-7-12(8-6-11)20-16(23)14(21)13(18)15(22)19-10-3-9-17/h5-8,13-14,21H,2-4,9-10,18H2,1H3,(H,19,22)(H,20,23). The van der Waals surface area contributed by atoms with E-state index in [9.17, 15) is 14.7 Å². The summed E-state index contributed by atoms with van der Waals surface area (Å²) < 4.78 is 0. The highest BCUT2D eigenvalue weighted by Gasteiger charge is 2.28. The quantitative estimate of drug-likeness (QED) is 0.397. The predicted molar refractivity (Wildman–Crippen MR) is 91.4 cm³/mol. The molecule has 0 heterocycles. The number of alkyl halides is 1. The fraction of sp³-hybridized carbons (Fsp3) is 0.500. The average Bonchev–Trinajstić information content (AvgIpc) is 2.55. The van der Waals surface area contributed by atoms with E-state index in [1.807, 2.05) is 12.1 Å². The van der Waals surface area contributed by atoms with Gasteiger partial charge in [-0.2, -0.15) is 0 Å². The first kappa shape index (κ1) is 19.4. The summed E-state index contributed by atoms with van der Waals surface area (Å²) in [6, 6.07) is 5.99. The SMILES string of the molecule is CCCc1ccc(NC(=O)C(O)C(N)C(=O)NCCCCl)cc1. The van der Waals surface area contributed by atoms with Crippen molar-refractivity contribution in [1.82, 2.24) is 5.32 Å². The van der Waals surface area contributed by atoms with Gasteiger partial charge < -0.3 is 21.5 Å². The lowest BCUT2D eigenvalue weighted by molar-refractivity contribution is -0.132. The van der Waals surface area contributed by atoms with E-state index in [4.69, 9.17) is 17.3 Å². The number of anilines is 1. The van der Waals surface area contributed by atoms with Crippen LogP contribution in [-0.2, 0) is 16.0 Å². The molecule has 2 amide bonds. The number of halogens is 1. The van der Waals surface area contributed by atoms with Gasteiger partial charge in [-0.15, -0.1) is 11.6 Å². The molecule has 0 bridgehead atoms. The summed E-state index contributed by atoms with van der Waals surface area (Å²) in [4.78, 5) is 23.7. The fourth-order valence-electron chi connectivity index (χ4n) is 1.96. The first-order valence-corrected chi connectivity index (χ1v) is 8.20. The number of amides is 2. The summed E-state index contributed by atoms with van der Waals surface area (Å²) in [5.41, 5.74) is 7.32. The maximum atomic E-state index is 12.0. The van der Waals surface area contributed by atoms with Crippen LogP contribution in [0.5, 0.6) is 0 Å². The normalized spacial score (nSPS) is 13.2. The summed E-state index contributed by atoms with van der Waals surface area (Å²) in [7, 11) is 0. The average molecular weight is 342 g/mol. The molecule has 5 N–H and O–H groups in total. The van der Waals surface area contributed by atoms with Crippen molar-refractivity contribution in [2.24, 2.45) is 5.73 Å². The number of rotatable bonds is 9. The van der Waals surface area contributed by atoms with Crippen molar-refractivity contribution in [2.75, 3.05) is 17.7 Å². The van der Waals surface area contributed by atoms with E-state index in [1.165, 1.54) is 5.56 Å². The molecule has 0 radical (unpaired) electrons. The molecular formula is C16H24ClN3O3. The van der Waals surface area contributed by atoms with Gasteiger partial charge in [-0.1, -0.05) is 25.5 Å². The third kappa shape index (κ3) is 6.56. The number of benzene rings is 1. The van der Waals surface area contributed by atoms with Crippen LogP contribution in [0, 0.1) is 0 Å². The Kier molecular flexibility index (Phi) is 8.61. The van der Waals surface area contributed by atoms with Crippen molar-refractivity contribution in [3.05, 3.63) is 29.8 Å². The van der Waals surface area contributed by atoms with E-state index in [0.717, 1.165) is 12.8 Å². The number of hydrogen-bond acceptors (Lipinski definition) is 4. The Labute approximate surface area is 141 Å². The van der Waals surface area contributed by atoms with Crippen LogP contribution in [0.2, 0.25) is 0 Å². The largest absolute Gasteiger partial charge is 0.381 e. The van der Waals surface area contributed by atoms with Crippen LogP contribution in [-0.4, -0.2) is 41.5 Å². The molecule has 2 unspecified atom stereocenters. The monoisotopic (exact) mass is 341 g/mol. The minimum Gasteiger partial charge on any atom is -0.381 e. The molecule has 0 fully saturated rings. The van der Waals surface area contributed by atoms with Crippen LogP contribution in [0.15, 0.2) is 24.3 Å². The third-order valence-corrected chi connectivity index (χ3v) is 3.55. The summed E-state index contributed by atoms with van der Waals surface area (Å²) in [5, 5.41) is 14.9. The minimum atomic E-state index is -1.62. The van der Waals surface area contributed by atoms with Gasteiger partial charge in [0.25, 0.3) is 5.91 Å². The highest BCUT2D eigenvalue weighted by molar-refractivity contribution is 6.17. The summed E-state index contributed by atoms with van der Waals surface area (Å²) >= 11 is 5.50. The Morgan fingerprint density at radius 1 is 1.26 bits per heavy atom. The van der Waals surface area contributed by atoms with Crippen molar-refractivity contribution in [1.29, 1.82) is 0 Å². The third-order valence-electron chi connectivity index (χ3n) is 3.28. The molecule has 2 atom stereocenters.